The molecule has 1 aromatic carbocycles. The average Bonchev–Trinajstić information content (AvgIpc) is 3.44. The van der Waals surface area contributed by atoms with E-state index < -0.39 is 15.8 Å². The summed E-state index contributed by atoms with van der Waals surface area (Å²) in [6.07, 6.45) is 1.63. The molecule has 1 amide bonds. The minimum Gasteiger partial charge on any atom is -0.447 e. The lowest BCUT2D eigenvalue weighted by Crippen LogP contribution is -2.42. The summed E-state index contributed by atoms with van der Waals surface area (Å²) >= 11 is 5.77. The summed E-state index contributed by atoms with van der Waals surface area (Å²) in [7, 11) is -3.76. The van der Waals surface area contributed by atoms with Crippen molar-refractivity contribution in [3.05, 3.63) is 52.5 Å². The molecule has 8 nitrogen and oxygen atoms in total. The van der Waals surface area contributed by atoms with E-state index in [0.717, 1.165) is 6.42 Å². The molecular weight excluding hydrogens is 459 g/mol. The molecular formula is C21H26ClFN4O4S. The first-order valence-electron chi connectivity index (χ1n) is 10.6. The molecule has 32 heavy (non-hydrogen) atoms. The highest BCUT2D eigenvalue weighted by molar-refractivity contribution is 7.89. The number of carbonyl (C=O) groups is 1. The van der Waals surface area contributed by atoms with E-state index in [0.29, 0.717) is 24.2 Å². The van der Waals surface area contributed by atoms with Gasteiger partial charge in [0.2, 0.25) is 11.0 Å². The van der Waals surface area contributed by atoms with Gasteiger partial charge < -0.3 is 9.73 Å². The Labute approximate surface area is 191 Å². The van der Waals surface area contributed by atoms with Crippen molar-refractivity contribution in [3.8, 4) is 0 Å². The first kappa shape index (κ1) is 23.2. The van der Waals surface area contributed by atoms with Gasteiger partial charge in [-0.3, -0.25) is 10.2 Å². The monoisotopic (exact) mass is 484 g/mol. The zero-order valence-corrected chi connectivity index (χ0v) is 19.2. The molecule has 0 spiro atoms. The minimum atomic E-state index is -3.76. The van der Waals surface area contributed by atoms with Crippen LogP contribution in [0.25, 0.3) is 0 Å². The quantitative estimate of drug-likeness (QED) is 0.582. The van der Waals surface area contributed by atoms with Crippen molar-refractivity contribution in [2.24, 2.45) is 5.92 Å². The molecule has 2 atom stereocenters. The number of hydrogen-bond acceptors (Lipinski definition) is 6. The first-order valence-corrected chi connectivity index (χ1v) is 12.4. The molecule has 4 rings (SSSR count). The zero-order valence-electron chi connectivity index (χ0n) is 17.6. The molecule has 0 radical (unpaired) electrons. The van der Waals surface area contributed by atoms with Gasteiger partial charge in [0.15, 0.2) is 0 Å². The summed E-state index contributed by atoms with van der Waals surface area (Å²) in [5, 5.41) is 2.75. The maximum atomic E-state index is 13.3. The molecule has 3 N–H and O–H groups in total. The van der Waals surface area contributed by atoms with Crippen LogP contribution in [0, 0.1) is 11.7 Å². The van der Waals surface area contributed by atoms with Gasteiger partial charge in [0.1, 0.15) is 11.6 Å². The SMILES string of the molecule is CC1CC(c2ccc(S(=O)(=O)N3CCC(C(=O)NCc4ccc(F)c(Cl)c4)CC3)o2)NN1. The van der Waals surface area contributed by atoms with E-state index >= 15 is 0 Å². The summed E-state index contributed by atoms with van der Waals surface area (Å²) in [6, 6.07) is 7.67. The van der Waals surface area contributed by atoms with Crippen LogP contribution >= 0.6 is 11.6 Å². The molecule has 2 saturated heterocycles. The van der Waals surface area contributed by atoms with Crippen molar-refractivity contribution < 1.29 is 22.0 Å². The van der Waals surface area contributed by atoms with E-state index in [-0.39, 0.29) is 53.7 Å². The third-order valence-electron chi connectivity index (χ3n) is 5.91. The fourth-order valence-electron chi connectivity index (χ4n) is 4.03. The highest BCUT2D eigenvalue weighted by Gasteiger charge is 2.35. The molecule has 2 aliphatic rings. The summed E-state index contributed by atoms with van der Waals surface area (Å²) in [4.78, 5) is 12.5. The van der Waals surface area contributed by atoms with E-state index in [4.69, 9.17) is 16.0 Å². The third kappa shape index (κ3) is 4.99. The number of rotatable bonds is 6. The van der Waals surface area contributed by atoms with Gasteiger partial charge in [0, 0.05) is 31.6 Å². The molecule has 11 heteroatoms. The number of nitrogens with zero attached hydrogens (tertiary/aromatic N) is 1. The van der Waals surface area contributed by atoms with Crippen LogP contribution in [0.15, 0.2) is 39.8 Å². The van der Waals surface area contributed by atoms with Crippen molar-refractivity contribution in [3.63, 3.8) is 0 Å². The van der Waals surface area contributed by atoms with Gasteiger partial charge >= 0.3 is 0 Å². The maximum Gasteiger partial charge on any atom is 0.276 e. The highest BCUT2D eigenvalue weighted by atomic mass is 35.5. The average molecular weight is 485 g/mol. The number of halogens is 2. The molecule has 2 unspecified atom stereocenters. The number of nitrogens with one attached hydrogen (secondary N) is 3. The lowest BCUT2D eigenvalue weighted by molar-refractivity contribution is -0.126. The fourth-order valence-corrected chi connectivity index (χ4v) is 5.62. The molecule has 0 bridgehead atoms. The lowest BCUT2D eigenvalue weighted by atomic mass is 9.97. The largest absolute Gasteiger partial charge is 0.447 e. The summed E-state index contributed by atoms with van der Waals surface area (Å²) < 4.78 is 46.2. The molecule has 2 aliphatic heterocycles. The maximum absolute atomic E-state index is 13.3. The van der Waals surface area contributed by atoms with Gasteiger partial charge in [-0.15, -0.1) is 0 Å². The Bertz CT molecular complexity index is 1090. The van der Waals surface area contributed by atoms with Crippen LogP contribution in [-0.4, -0.2) is 37.8 Å². The van der Waals surface area contributed by atoms with Crippen molar-refractivity contribution >= 4 is 27.5 Å². The Morgan fingerprint density at radius 1 is 1.25 bits per heavy atom. The number of furan rings is 1. The van der Waals surface area contributed by atoms with E-state index in [9.17, 15) is 17.6 Å². The molecule has 0 saturated carbocycles. The fraction of sp³-hybridized carbons (Fsp3) is 0.476. The predicted octanol–water partition coefficient (Wildman–Crippen LogP) is 2.72. The highest BCUT2D eigenvalue weighted by Crippen LogP contribution is 2.29. The van der Waals surface area contributed by atoms with Crippen molar-refractivity contribution in [2.75, 3.05) is 13.1 Å². The Balaban J connectivity index is 1.31. The van der Waals surface area contributed by atoms with E-state index in [1.165, 1.54) is 22.5 Å². The van der Waals surface area contributed by atoms with Crippen molar-refractivity contribution in [2.45, 2.75) is 49.9 Å². The van der Waals surface area contributed by atoms with Gasteiger partial charge in [-0.05, 0) is 56.0 Å². The number of amides is 1. The van der Waals surface area contributed by atoms with Gasteiger partial charge in [-0.25, -0.2) is 18.2 Å². The Morgan fingerprint density at radius 2 is 2.00 bits per heavy atom. The first-order chi connectivity index (χ1) is 15.2. The van der Waals surface area contributed by atoms with Gasteiger partial charge in [-0.2, -0.15) is 4.31 Å². The van der Waals surface area contributed by atoms with Crippen LogP contribution in [0.4, 0.5) is 4.39 Å². The smallest absolute Gasteiger partial charge is 0.276 e. The van der Waals surface area contributed by atoms with E-state index in [1.54, 1.807) is 12.1 Å². The minimum absolute atomic E-state index is 0.00540. The normalized spacial score (nSPS) is 22.8. The van der Waals surface area contributed by atoms with Crippen molar-refractivity contribution in [1.29, 1.82) is 0 Å². The number of benzene rings is 1. The molecule has 1 aromatic heterocycles. The Hall–Kier alpha value is -1.98. The van der Waals surface area contributed by atoms with Gasteiger partial charge in [-0.1, -0.05) is 17.7 Å². The van der Waals surface area contributed by atoms with Crippen LogP contribution < -0.4 is 16.2 Å². The number of piperidine rings is 1. The Kier molecular flexibility index (Phi) is 6.87. The van der Waals surface area contributed by atoms with E-state index in [2.05, 4.69) is 16.2 Å². The van der Waals surface area contributed by atoms with Crippen LogP contribution in [0.3, 0.4) is 0 Å². The second kappa shape index (κ2) is 9.48. The second-order valence-electron chi connectivity index (χ2n) is 8.28. The number of carbonyl (C=O) groups excluding carboxylic acids is 1. The molecule has 0 aliphatic carbocycles. The van der Waals surface area contributed by atoms with Crippen molar-refractivity contribution in [1.82, 2.24) is 20.5 Å². The standard InChI is InChI=1S/C21H26ClFN4O4S/c1-13-10-18(26-25-13)19-4-5-20(31-19)32(29,30)27-8-6-15(7-9-27)21(28)24-12-14-2-3-17(23)16(22)11-14/h2-5,11,13,15,18,25-26H,6-10,12H2,1H3,(H,24,28). The predicted molar refractivity (Wildman–Crippen MR) is 117 cm³/mol. The van der Waals surface area contributed by atoms with Gasteiger partial charge in [0.25, 0.3) is 10.0 Å². The third-order valence-corrected chi connectivity index (χ3v) is 7.97. The van der Waals surface area contributed by atoms with Crippen LogP contribution in [-0.2, 0) is 21.4 Å². The zero-order chi connectivity index (χ0) is 22.9. The topological polar surface area (TPSA) is 104 Å². The van der Waals surface area contributed by atoms with Crippen LogP contribution in [0.5, 0.6) is 0 Å². The lowest BCUT2D eigenvalue weighted by Gasteiger charge is -2.29. The summed E-state index contributed by atoms with van der Waals surface area (Å²) in [5.74, 6) is -0.378. The second-order valence-corrected chi connectivity index (χ2v) is 10.6. The van der Waals surface area contributed by atoms with Crippen LogP contribution in [0.1, 0.15) is 43.6 Å². The number of hydrogen-bond donors (Lipinski definition) is 3. The number of sulfonamides is 1. The van der Waals surface area contributed by atoms with Crippen LogP contribution in [0.2, 0.25) is 5.02 Å². The van der Waals surface area contributed by atoms with Gasteiger partial charge in [0.05, 0.1) is 11.1 Å². The molecule has 174 valence electrons. The molecule has 2 aromatic rings. The molecule has 3 heterocycles. The van der Waals surface area contributed by atoms with E-state index in [1.807, 2.05) is 6.92 Å². The molecule has 2 fully saturated rings. The Morgan fingerprint density at radius 3 is 2.66 bits per heavy atom. The summed E-state index contributed by atoms with van der Waals surface area (Å²) in [5.41, 5.74) is 6.88. The number of hydrazine groups is 1. The summed E-state index contributed by atoms with van der Waals surface area (Å²) in [6.45, 7) is 2.73.